The fourth-order valence-electron chi connectivity index (χ4n) is 4.74. The molecule has 204 valence electrons. The summed E-state index contributed by atoms with van der Waals surface area (Å²) in [5.41, 5.74) is 2.89. The topological polar surface area (TPSA) is 96.6 Å². The molecule has 3 aromatic rings. The maximum atomic E-state index is 13.5. The number of benzene rings is 2. The van der Waals surface area contributed by atoms with Crippen LogP contribution < -0.4 is 20.3 Å². The van der Waals surface area contributed by atoms with Gasteiger partial charge in [-0.25, -0.2) is 0 Å². The Morgan fingerprint density at radius 1 is 1.10 bits per heavy atom. The van der Waals surface area contributed by atoms with E-state index in [1.807, 2.05) is 55.5 Å². The molecular formula is C30H28N4O4S2. The lowest BCUT2D eigenvalue weighted by molar-refractivity contribution is -0.122. The van der Waals surface area contributed by atoms with Crippen molar-refractivity contribution < 1.29 is 14.3 Å². The minimum atomic E-state index is -0.359. The zero-order chi connectivity index (χ0) is 28.2. The van der Waals surface area contributed by atoms with Crippen molar-refractivity contribution in [3.05, 3.63) is 91.6 Å². The van der Waals surface area contributed by atoms with Gasteiger partial charge < -0.3 is 14.8 Å². The fourth-order valence-corrected chi connectivity index (χ4v) is 6.03. The highest BCUT2D eigenvalue weighted by molar-refractivity contribution is 8.26. The Hall–Kier alpha value is -4.07. The van der Waals surface area contributed by atoms with Crippen molar-refractivity contribution in [2.45, 2.75) is 39.8 Å². The molecule has 0 aliphatic carbocycles. The summed E-state index contributed by atoms with van der Waals surface area (Å²) in [5.74, 6) is 1.73. The fraction of sp³-hybridized carbons (Fsp3) is 0.267. The molecule has 3 heterocycles. The minimum absolute atomic E-state index is 0.0629. The average molecular weight is 573 g/mol. The van der Waals surface area contributed by atoms with E-state index in [1.165, 1.54) is 11.8 Å². The summed E-state index contributed by atoms with van der Waals surface area (Å²) in [6.45, 7) is 5.17. The number of nitrogens with zero attached hydrogens (tertiary/aromatic N) is 3. The summed E-state index contributed by atoms with van der Waals surface area (Å²) in [5, 5.41) is 13.3. The van der Waals surface area contributed by atoms with E-state index in [2.05, 4.69) is 11.4 Å². The number of rotatable bonds is 9. The molecule has 1 aromatic heterocycles. The largest absolute Gasteiger partial charge is 0.454 e. The molecule has 1 saturated heterocycles. The van der Waals surface area contributed by atoms with Crippen LogP contribution in [0.25, 0.3) is 6.08 Å². The van der Waals surface area contributed by atoms with Crippen LogP contribution in [-0.4, -0.2) is 33.0 Å². The summed E-state index contributed by atoms with van der Waals surface area (Å²) in [6, 6.07) is 17.7. The number of amides is 1. The van der Waals surface area contributed by atoms with E-state index < -0.39 is 0 Å². The van der Waals surface area contributed by atoms with Crippen LogP contribution in [0.15, 0.2) is 58.2 Å². The normalized spacial score (nSPS) is 15.1. The van der Waals surface area contributed by atoms with Gasteiger partial charge in [0.25, 0.3) is 11.5 Å². The summed E-state index contributed by atoms with van der Waals surface area (Å²) in [4.78, 5) is 28.8. The Morgan fingerprint density at radius 2 is 1.88 bits per heavy atom. The van der Waals surface area contributed by atoms with Gasteiger partial charge in [0.05, 0.1) is 4.91 Å². The number of hydrogen-bond donors (Lipinski definition) is 1. The summed E-state index contributed by atoms with van der Waals surface area (Å²) < 4.78 is 13.0. The lowest BCUT2D eigenvalue weighted by Gasteiger charge is -2.20. The third-order valence-electron chi connectivity index (χ3n) is 6.83. The van der Waals surface area contributed by atoms with Gasteiger partial charge in [-0.1, -0.05) is 67.3 Å². The van der Waals surface area contributed by atoms with E-state index in [0.29, 0.717) is 70.1 Å². The minimum Gasteiger partial charge on any atom is -0.454 e. The number of thioether (sulfide) groups is 1. The second kappa shape index (κ2) is 12.0. The van der Waals surface area contributed by atoms with Crippen LogP contribution in [0.1, 0.15) is 41.2 Å². The van der Waals surface area contributed by atoms with Crippen molar-refractivity contribution in [2.75, 3.05) is 18.7 Å². The van der Waals surface area contributed by atoms with Gasteiger partial charge in [-0.2, -0.15) is 5.26 Å². The molecule has 1 fully saturated rings. The van der Waals surface area contributed by atoms with Gasteiger partial charge in [0, 0.05) is 25.2 Å². The first-order valence-electron chi connectivity index (χ1n) is 13.0. The van der Waals surface area contributed by atoms with Gasteiger partial charge in [-0.15, -0.1) is 0 Å². The highest BCUT2D eigenvalue weighted by Gasteiger charge is 2.32. The first-order chi connectivity index (χ1) is 19.4. The number of nitrogens with one attached hydrogen (secondary N) is 1. The van der Waals surface area contributed by atoms with Crippen molar-refractivity contribution >= 4 is 46.1 Å². The smallest absolute Gasteiger partial charge is 0.270 e. The van der Waals surface area contributed by atoms with E-state index in [4.69, 9.17) is 21.7 Å². The zero-order valence-corrected chi connectivity index (χ0v) is 23.9. The molecule has 2 aliphatic heterocycles. The molecule has 10 heteroatoms. The van der Waals surface area contributed by atoms with E-state index in [-0.39, 0.29) is 23.8 Å². The van der Waals surface area contributed by atoms with Gasteiger partial charge in [0.1, 0.15) is 21.8 Å². The Balaban J connectivity index is 1.50. The molecule has 1 amide bonds. The number of hydrogen-bond acceptors (Lipinski definition) is 8. The van der Waals surface area contributed by atoms with Gasteiger partial charge in [-0.05, 0) is 54.7 Å². The van der Waals surface area contributed by atoms with E-state index >= 15 is 0 Å². The lowest BCUT2D eigenvalue weighted by atomic mass is 10.0. The third kappa shape index (κ3) is 5.48. The van der Waals surface area contributed by atoms with Gasteiger partial charge in [0.15, 0.2) is 11.5 Å². The predicted octanol–water partition coefficient (Wildman–Crippen LogP) is 5.22. The number of thiocarbonyl (C=S) groups is 1. The Kier molecular flexibility index (Phi) is 8.24. The second-order valence-electron chi connectivity index (χ2n) is 9.44. The van der Waals surface area contributed by atoms with Gasteiger partial charge in [-0.3, -0.25) is 19.1 Å². The van der Waals surface area contributed by atoms with E-state index in [9.17, 15) is 14.9 Å². The van der Waals surface area contributed by atoms with Crippen LogP contribution in [-0.2, 0) is 24.3 Å². The van der Waals surface area contributed by atoms with Crippen molar-refractivity contribution in [1.29, 1.82) is 5.26 Å². The molecule has 5 rings (SSSR count). The molecule has 0 atom stereocenters. The number of fused-ring (bicyclic) bond motifs is 1. The SMILES string of the molecule is CCCn1c(NCc2ccc3c(c2)OCO3)c(/C=C2/SC(=S)N(CCc3ccccc3)C2=O)c(C)c(C#N)c1=O. The second-order valence-corrected chi connectivity index (χ2v) is 11.1. The monoisotopic (exact) mass is 572 g/mol. The third-order valence-corrected chi connectivity index (χ3v) is 8.21. The number of aromatic nitrogens is 1. The highest BCUT2D eigenvalue weighted by Crippen LogP contribution is 2.36. The van der Waals surface area contributed by atoms with Crippen LogP contribution in [0, 0.1) is 18.3 Å². The van der Waals surface area contributed by atoms with Crippen LogP contribution in [0.4, 0.5) is 5.82 Å². The number of pyridine rings is 1. The number of carbonyl (C=O) groups is 1. The Morgan fingerprint density at radius 3 is 2.62 bits per heavy atom. The van der Waals surface area contributed by atoms with Crippen molar-refractivity contribution in [2.24, 2.45) is 0 Å². The van der Waals surface area contributed by atoms with E-state index in [0.717, 1.165) is 11.1 Å². The average Bonchev–Trinajstić information content (AvgIpc) is 3.53. The van der Waals surface area contributed by atoms with Gasteiger partial charge >= 0.3 is 0 Å². The number of carbonyl (C=O) groups excluding carboxylic acids is 1. The van der Waals surface area contributed by atoms with Crippen molar-refractivity contribution in [1.82, 2.24) is 9.47 Å². The maximum Gasteiger partial charge on any atom is 0.270 e. The first-order valence-corrected chi connectivity index (χ1v) is 14.2. The van der Waals surface area contributed by atoms with Crippen LogP contribution in [0.2, 0.25) is 0 Å². The predicted molar refractivity (Wildman–Crippen MR) is 160 cm³/mol. The molecule has 40 heavy (non-hydrogen) atoms. The molecule has 0 saturated carbocycles. The van der Waals surface area contributed by atoms with Crippen LogP contribution in [0.3, 0.4) is 0 Å². The van der Waals surface area contributed by atoms with Crippen LogP contribution in [0.5, 0.6) is 11.5 Å². The number of anilines is 1. The first kappa shape index (κ1) is 27.5. The molecule has 0 spiro atoms. The molecule has 2 aromatic carbocycles. The quantitative estimate of drug-likeness (QED) is 0.275. The molecular weight excluding hydrogens is 544 g/mol. The van der Waals surface area contributed by atoms with Gasteiger partial charge in [0.2, 0.25) is 6.79 Å². The summed E-state index contributed by atoms with van der Waals surface area (Å²) in [6.07, 6.45) is 3.13. The molecule has 0 unspecified atom stereocenters. The molecule has 0 bridgehead atoms. The summed E-state index contributed by atoms with van der Waals surface area (Å²) in [7, 11) is 0. The number of ether oxygens (including phenoxy) is 2. The Labute approximate surface area is 242 Å². The maximum absolute atomic E-state index is 13.5. The Bertz CT molecular complexity index is 1610. The molecule has 1 N–H and O–H groups in total. The highest BCUT2D eigenvalue weighted by atomic mass is 32.2. The standard InChI is InChI=1S/C30H28N4O4S2/c1-3-12-33-27(32-17-21-9-10-24-25(14-21)38-18-37-24)22(19(2)23(16-31)28(33)35)15-26-29(36)34(30(39)40-26)13-11-20-7-5-4-6-8-20/h4-10,14-15,32H,3,11-13,17-18H2,1-2H3/b26-15+. The number of nitriles is 1. The molecule has 2 aliphatic rings. The zero-order valence-electron chi connectivity index (χ0n) is 22.2. The summed E-state index contributed by atoms with van der Waals surface area (Å²) >= 11 is 6.80. The van der Waals surface area contributed by atoms with Crippen LogP contribution >= 0.6 is 24.0 Å². The van der Waals surface area contributed by atoms with E-state index in [1.54, 1.807) is 22.5 Å². The molecule has 8 nitrogen and oxygen atoms in total. The molecule has 0 radical (unpaired) electrons. The lowest BCUT2D eigenvalue weighted by Crippen LogP contribution is -2.30. The van der Waals surface area contributed by atoms with Crippen molar-refractivity contribution in [3.8, 4) is 17.6 Å². The van der Waals surface area contributed by atoms with Crippen molar-refractivity contribution in [3.63, 3.8) is 0 Å².